The maximum absolute atomic E-state index is 12.9. The molecule has 3 heterocycles. The molecule has 0 spiro atoms. The number of nitrogens with one attached hydrogen (secondary N) is 1. The van der Waals surface area contributed by atoms with Crippen molar-refractivity contribution in [1.29, 1.82) is 0 Å². The Kier molecular flexibility index (Phi) is 7.59. The van der Waals surface area contributed by atoms with E-state index in [1.54, 1.807) is 5.38 Å². The molecule has 0 atom stereocenters. The lowest BCUT2D eigenvalue weighted by Gasteiger charge is -2.22. The van der Waals surface area contributed by atoms with E-state index in [9.17, 15) is 9.59 Å². The van der Waals surface area contributed by atoms with Gasteiger partial charge in [-0.1, -0.05) is 19.1 Å². The van der Waals surface area contributed by atoms with Crippen LogP contribution < -0.4 is 5.32 Å². The third-order valence-corrected chi connectivity index (χ3v) is 7.34. The van der Waals surface area contributed by atoms with E-state index >= 15 is 0 Å². The van der Waals surface area contributed by atoms with E-state index in [0.717, 1.165) is 33.3 Å². The van der Waals surface area contributed by atoms with Crippen molar-refractivity contribution >= 4 is 40.2 Å². The number of aryl methyl sites for hydroxylation is 2. The molecule has 0 aliphatic rings. The number of hydrogen-bond acceptors (Lipinski definition) is 5. The number of thiophene rings is 1. The van der Waals surface area contributed by atoms with Crippen molar-refractivity contribution in [2.24, 2.45) is 0 Å². The zero-order valence-corrected chi connectivity index (χ0v) is 21.2. The maximum Gasteiger partial charge on any atom is 0.275 e. The van der Waals surface area contributed by atoms with Gasteiger partial charge < -0.3 is 14.8 Å². The first kappa shape index (κ1) is 23.9. The van der Waals surface area contributed by atoms with Crippen molar-refractivity contribution in [3.63, 3.8) is 0 Å². The van der Waals surface area contributed by atoms with E-state index in [1.807, 2.05) is 72.8 Å². The minimum absolute atomic E-state index is 0.0594. The van der Waals surface area contributed by atoms with Gasteiger partial charge >= 0.3 is 0 Å². The van der Waals surface area contributed by atoms with Crippen LogP contribution in [-0.4, -0.2) is 32.8 Å². The Morgan fingerprint density at radius 2 is 1.94 bits per heavy atom. The predicted octanol–water partition coefficient (Wildman–Crippen LogP) is 5.98. The van der Waals surface area contributed by atoms with Gasteiger partial charge in [0.2, 0.25) is 0 Å². The monoisotopic (exact) mass is 492 g/mol. The summed E-state index contributed by atoms with van der Waals surface area (Å²) in [5.74, 6) is -0.154. The molecule has 34 heavy (non-hydrogen) atoms. The highest BCUT2D eigenvalue weighted by Gasteiger charge is 2.18. The van der Waals surface area contributed by atoms with Crippen LogP contribution in [0.25, 0.3) is 0 Å². The number of benzene rings is 1. The lowest BCUT2D eigenvalue weighted by molar-refractivity contribution is 0.0744. The van der Waals surface area contributed by atoms with Crippen LogP contribution in [0.3, 0.4) is 0 Å². The molecule has 1 aromatic carbocycles. The molecule has 0 aliphatic carbocycles. The second-order valence-corrected chi connectivity index (χ2v) is 10.1. The third kappa shape index (κ3) is 5.63. The van der Waals surface area contributed by atoms with Gasteiger partial charge in [0.1, 0.15) is 10.7 Å². The Hall–Kier alpha value is -3.23. The van der Waals surface area contributed by atoms with Crippen LogP contribution in [0.15, 0.2) is 59.4 Å². The van der Waals surface area contributed by atoms with Gasteiger partial charge in [0.25, 0.3) is 11.8 Å². The highest BCUT2D eigenvalue weighted by molar-refractivity contribution is 7.12. The van der Waals surface area contributed by atoms with Gasteiger partial charge in [-0.05, 0) is 67.1 Å². The molecule has 4 rings (SSSR count). The van der Waals surface area contributed by atoms with E-state index in [-0.39, 0.29) is 11.8 Å². The molecule has 3 aromatic heterocycles. The van der Waals surface area contributed by atoms with Crippen molar-refractivity contribution < 1.29 is 9.59 Å². The fraction of sp³-hybridized carbons (Fsp3) is 0.269. The minimum Gasteiger partial charge on any atom is -0.343 e. The number of hydrogen-bond donors (Lipinski definition) is 1. The van der Waals surface area contributed by atoms with Crippen molar-refractivity contribution in [2.45, 2.75) is 40.3 Å². The Morgan fingerprint density at radius 3 is 2.68 bits per heavy atom. The van der Waals surface area contributed by atoms with Crippen LogP contribution in [0.1, 0.15) is 55.3 Å². The van der Waals surface area contributed by atoms with Crippen molar-refractivity contribution in [1.82, 2.24) is 14.5 Å². The van der Waals surface area contributed by atoms with Gasteiger partial charge in [-0.25, -0.2) is 4.98 Å². The zero-order chi connectivity index (χ0) is 24.1. The van der Waals surface area contributed by atoms with Crippen LogP contribution in [0.5, 0.6) is 0 Å². The van der Waals surface area contributed by atoms with Gasteiger partial charge in [-0.2, -0.15) is 0 Å². The summed E-state index contributed by atoms with van der Waals surface area (Å²) in [6.45, 7) is 7.93. The van der Waals surface area contributed by atoms with Crippen LogP contribution >= 0.6 is 22.7 Å². The number of carbonyl (C=O) groups excluding carboxylic acids is 2. The van der Waals surface area contributed by atoms with Crippen LogP contribution in [0, 0.1) is 13.8 Å². The second-order valence-electron chi connectivity index (χ2n) is 8.21. The normalized spacial score (nSPS) is 10.9. The fourth-order valence-corrected chi connectivity index (χ4v) is 5.13. The largest absolute Gasteiger partial charge is 0.343 e. The third-order valence-electron chi connectivity index (χ3n) is 5.64. The Labute approximate surface area is 207 Å². The Morgan fingerprint density at radius 1 is 1.09 bits per heavy atom. The van der Waals surface area contributed by atoms with E-state index in [2.05, 4.69) is 21.8 Å². The van der Waals surface area contributed by atoms with E-state index < -0.39 is 0 Å². The second kappa shape index (κ2) is 10.8. The molecular formula is C26H28N4O2S2. The molecule has 0 fully saturated rings. The molecule has 0 saturated heterocycles. The van der Waals surface area contributed by atoms with E-state index in [1.165, 1.54) is 28.2 Å². The molecular weight excluding hydrogens is 464 g/mol. The quantitative estimate of drug-likeness (QED) is 0.313. The number of carbonyl (C=O) groups is 2. The van der Waals surface area contributed by atoms with Crippen LogP contribution in [-0.2, 0) is 13.1 Å². The summed E-state index contributed by atoms with van der Waals surface area (Å²) >= 11 is 2.93. The highest BCUT2D eigenvalue weighted by Crippen LogP contribution is 2.19. The standard InChI is InChI=1S/C26H28N4O2S2/c1-4-11-30(26(32)23-8-6-13-33-23)15-21-7-5-12-29(21)16-24-28-22(17-34-24)25(31)27-20-10-9-18(2)19(3)14-20/h5-10,12-14,17H,4,11,15-16H2,1-3H3,(H,27,31). The summed E-state index contributed by atoms with van der Waals surface area (Å²) in [6, 6.07) is 13.7. The molecule has 1 N–H and O–H groups in total. The lowest BCUT2D eigenvalue weighted by atomic mass is 10.1. The molecule has 8 heteroatoms. The first-order valence-corrected chi connectivity index (χ1v) is 13.0. The predicted molar refractivity (Wildman–Crippen MR) is 139 cm³/mol. The first-order chi connectivity index (χ1) is 16.4. The van der Waals surface area contributed by atoms with E-state index in [4.69, 9.17) is 0 Å². The van der Waals surface area contributed by atoms with E-state index in [0.29, 0.717) is 25.3 Å². The molecule has 2 amide bonds. The van der Waals surface area contributed by atoms with Gasteiger partial charge in [0.05, 0.1) is 18.0 Å². The maximum atomic E-state index is 12.9. The number of aromatic nitrogens is 2. The average molecular weight is 493 g/mol. The fourth-order valence-electron chi connectivity index (χ4n) is 3.67. The molecule has 0 unspecified atom stereocenters. The average Bonchev–Trinajstić information content (AvgIpc) is 3.59. The molecule has 4 aromatic rings. The van der Waals surface area contributed by atoms with Crippen molar-refractivity contribution in [3.05, 3.63) is 91.8 Å². The SMILES string of the molecule is CCCN(Cc1cccn1Cc1nc(C(=O)Nc2ccc(C)c(C)c2)cs1)C(=O)c1cccs1. The summed E-state index contributed by atoms with van der Waals surface area (Å²) in [5, 5.41) is 7.49. The van der Waals surface area contributed by atoms with Gasteiger partial charge in [0, 0.05) is 29.5 Å². The molecule has 176 valence electrons. The summed E-state index contributed by atoms with van der Waals surface area (Å²) in [4.78, 5) is 32.8. The molecule has 0 radical (unpaired) electrons. The number of thiazole rings is 1. The number of anilines is 1. The molecule has 0 bridgehead atoms. The summed E-state index contributed by atoms with van der Waals surface area (Å²) in [5.41, 5.74) is 4.53. The highest BCUT2D eigenvalue weighted by atomic mass is 32.1. The van der Waals surface area contributed by atoms with Crippen molar-refractivity contribution in [3.8, 4) is 0 Å². The zero-order valence-electron chi connectivity index (χ0n) is 19.6. The number of rotatable bonds is 9. The van der Waals surface area contributed by atoms with Crippen LogP contribution in [0.4, 0.5) is 5.69 Å². The molecule has 6 nitrogen and oxygen atoms in total. The van der Waals surface area contributed by atoms with Gasteiger partial charge in [-0.3, -0.25) is 9.59 Å². The summed E-state index contributed by atoms with van der Waals surface area (Å²) in [7, 11) is 0. The Bertz CT molecular complexity index is 1270. The minimum atomic E-state index is -0.214. The Balaban J connectivity index is 1.43. The number of nitrogens with zero attached hydrogens (tertiary/aromatic N) is 3. The smallest absolute Gasteiger partial charge is 0.275 e. The summed E-state index contributed by atoms with van der Waals surface area (Å²) in [6.07, 6.45) is 2.88. The first-order valence-electron chi connectivity index (χ1n) is 11.2. The number of amides is 2. The van der Waals surface area contributed by atoms with Crippen LogP contribution in [0.2, 0.25) is 0 Å². The van der Waals surface area contributed by atoms with Crippen molar-refractivity contribution in [2.75, 3.05) is 11.9 Å². The van der Waals surface area contributed by atoms with Gasteiger partial charge in [0.15, 0.2) is 0 Å². The summed E-state index contributed by atoms with van der Waals surface area (Å²) < 4.78 is 2.09. The topological polar surface area (TPSA) is 67.2 Å². The molecule has 0 aliphatic heterocycles. The van der Waals surface area contributed by atoms with Gasteiger partial charge in [-0.15, -0.1) is 22.7 Å². The molecule has 0 saturated carbocycles. The lowest BCUT2D eigenvalue weighted by Crippen LogP contribution is -2.31.